The van der Waals surface area contributed by atoms with Gasteiger partial charge in [0.25, 0.3) is 0 Å². The third-order valence-electron chi connectivity index (χ3n) is 2.64. The van der Waals surface area contributed by atoms with Crippen LogP contribution in [0, 0.1) is 12.3 Å². The van der Waals surface area contributed by atoms with Crippen LogP contribution in [0.4, 0.5) is 0 Å². The molecule has 0 bridgehead atoms. The van der Waals surface area contributed by atoms with Crippen LogP contribution in [0.15, 0.2) is 18.2 Å². The monoisotopic (exact) mass is 278 g/mol. The second kappa shape index (κ2) is 10.1. The van der Waals surface area contributed by atoms with Crippen LogP contribution in [0.2, 0.25) is 0 Å². The van der Waals surface area contributed by atoms with Crippen molar-refractivity contribution >= 4 is 0 Å². The Morgan fingerprint density at radius 2 is 2.00 bits per heavy atom. The predicted molar refractivity (Wildman–Crippen MR) is 79.0 cm³/mol. The Balaban J connectivity index is 2.41. The first-order chi connectivity index (χ1) is 9.81. The zero-order valence-corrected chi connectivity index (χ0v) is 11.8. The molecule has 0 spiro atoms. The van der Waals surface area contributed by atoms with Crippen molar-refractivity contribution in [3.8, 4) is 23.8 Å². The number of methoxy groups -OCH3 is 1. The first-order valence-electron chi connectivity index (χ1n) is 6.57. The Bertz CT molecular complexity index is 430. The number of ether oxygens (including phenoxy) is 2. The summed E-state index contributed by atoms with van der Waals surface area (Å²) in [6.07, 6.45) is 5.17. The smallest absolute Gasteiger partial charge is 0.162 e. The number of terminal acetylenes is 1. The average molecular weight is 278 g/mol. The molecule has 0 saturated heterocycles. The number of aliphatic hydroxyl groups excluding tert-OH is 1. The highest BCUT2D eigenvalue weighted by molar-refractivity contribution is 5.43. The Kier molecular flexibility index (Phi) is 8.24. The van der Waals surface area contributed by atoms with Crippen LogP contribution >= 0.6 is 0 Å². The van der Waals surface area contributed by atoms with Crippen molar-refractivity contribution in [3.63, 3.8) is 0 Å². The second-order valence-electron chi connectivity index (χ2n) is 4.13. The number of rotatable bonds is 10. The maximum atomic E-state index is 8.63. The van der Waals surface area contributed by atoms with Gasteiger partial charge in [0.2, 0.25) is 0 Å². The van der Waals surface area contributed by atoms with Crippen molar-refractivity contribution in [1.29, 1.82) is 0 Å². The van der Waals surface area contributed by atoms with Gasteiger partial charge in [0, 0.05) is 26.2 Å². The minimum Gasteiger partial charge on any atom is -0.493 e. The molecule has 0 aliphatic rings. The Labute approximate surface area is 120 Å². The molecule has 1 rings (SSSR count). The van der Waals surface area contributed by atoms with Crippen LogP contribution in [0.25, 0.3) is 0 Å². The van der Waals surface area contributed by atoms with Crippen molar-refractivity contribution in [1.82, 2.24) is 10.6 Å². The number of aliphatic hydroxyl groups is 1. The van der Waals surface area contributed by atoms with Gasteiger partial charge < -0.3 is 25.2 Å². The molecule has 0 saturated carbocycles. The summed E-state index contributed by atoms with van der Waals surface area (Å²) in [6, 6.07) is 5.76. The van der Waals surface area contributed by atoms with E-state index in [9.17, 15) is 0 Å². The van der Waals surface area contributed by atoms with E-state index in [2.05, 4.69) is 16.6 Å². The maximum absolute atomic E-state index is 8.63. The van der Waals surface area contributed by atoms with E-state index in [0.717, 1.165) is 25.2 Å². The lowest BCUT2D eigenvalue weighted by atomic mass is 10.2. The molecule has 110 valence electrons. The molecule has 0 unspecified atom stereocenters. The van der Waals surface area contributed by atoms with Crippen LogP contribution in [0.3, 0.4) is 0 Å². The third kappa shape index (κ3) is 5.93. The zero-order chi connectivity index (χ0) is 14.6. The van der Waals surface area contributed by atoms with Crippen LogP contribution in [0.5, 0.6) is 11.5 Å². The molecule has 0 aliphatic heterocycles. The van der Waals surface area contributed by atoms with Crippen LogP contribution < -0.4 is 20.1 Å². The highest BCUT2D eigenvalue weighted by atomic mass is 16.5. The minimum absolute atomic E-state index is 0.163. The molecule has 0 heterocycles. The summed E-state index contributed by atoms with van der Waals surface area (Å²) < 4.78 is 10.7. The summed E-state index contributed by atoms with van der Waals surface area (Å²) >= 11 is 0. The van der Waals surface area contributed by atoms with Crippen molar-refractivity contribution in [2.75, 3.05) is 40.0 Å². The summed E-state index contributed by atoms with van der Waals surface area (Å²) in [5.41, 5.74) is 1.11. The highest BCUT2D eigenvalue weighted by Crippen LogP contribution is 2.27. The Morgan fingerprint density at radius 1 is 1.20 bits per heavy atom. The molecular formula is C15H22N2O3. The van der Waals surface area contributed by atoms with Gasteiger partial charge in [-0.1, -0.05) is 12.0 Å². The van der Waals surface area contributed by atoms with Crippen molar-refractivity contribution in [3.05, 3.63) is 23.8 Å². The van der Waals surface area contributed by atoms with E-state index in [0.29, 0.717) is 18.0 Å². The van der Waals surface area contributed by atoms with E-state index < -0.39 is 0 Å². The SMILES string of the molecule is C#CCOc1ccc(CNCCNCCO)cc1OC. The fourth-order valence-electron chi connectivity index (χ4n) is 1.67. The van der Waals surface area contributed by atoms with Gasteiger partial charge in [-0.05, 0) is 17.7 Å². The van der Waals surface area contributed by atoms with Crippen molar-refractivity contribution < 1.29 is 14.6 Å². The number of benzene rings is 1. The minimum atomic E-state index is 0.163. The summed E-state index contributed by atoms with van der Waals surface area (Å²) in [5.74, 6) is 3.76. The van der Waals surface area contributed by atoms with Crippen molar-refractivity contribution in [2.24, 2.45) is 0 Å². The summed E-state index contributed by atoms with van der Waals surface area (Å²) in [6.45, 7) is 3.41. The van der Waals surface area contributed by atoms with Gasteiger partial charge in [-0.25, -0.2) is 0 Å². The fraction of sp³-hybridized carbons (Fsp3) is 0.467. The molecule has 0 aliphatic carbocycles. The first-order valence-corrected chi connectivity index (χ1v) is 6.57. The average Bonchev–Trinajstić information content (AvgIpc) is 2.49. The fourth-order valence-corrected chi connectivity index (χ4v) is 1.67. The van der Waals surface area contributed by atoms with Gasteiger partial charge in [0.15, 0.2) is 11.5 Å². The van der Waals surface area contributed by atoms with E-state index in [-0.39, 0.29) is 13.2 Å². The molecule has 1 aromatic rings. The third-order valence-corrected chi connectivity index (χ3v) is 2.64. The molecule has 3 N–H and O–H groups in total. The number of hydrogen-bond acceptors (Lipinski definition) is 5. The first kappa shape index (κ1) is 16.3. The summed E-state index contributed by atoms with van der Waals surface area (Å²) in [7, 11) is 1.61. The molecule has 0 aromatic heterocycles. The van der Waals surface area contributed by atoms with E-state index >= 15 is 0 Å². The zero-order valence-electron chi connectivity index (χ0n) is 11.8. The second-order valence-corrected chi connectivity index (χ2v) is 4.13. The molecule has 0 atom stereocenters. The molecule has 0 fully saturated rings. The molecule has 0 radical (unpaired) electrons. The van der Waals surface area contributed by atoms with Crippen LogP contribution in [-0.4, -0.2) is 45.1 Å². The summed E-state index contributed by atoms with van der Waals surface area (Å²) in [5, 5.41) is 15.0. The Morgan fingerprint density at radius 3 is 2.70 bits per heavy atom. The quantitative estimate of drug-likeness (QED) is 0.426. The normalized spacial score (nSPS) is 10.1. The van der Waals surface area contributed by atoms with E-state index in [1.165, 1.54) is 0 Å². The van der Waals surface area contributed by atoms with E-state index in [4.69, 9.17) is 21.0 Å². The highest BCUT2D eigenvalue weighted by Gasteiger charge is 2.05. The lowest BCUT2D eigenvalue weighted by Gasteiger charge is -2.11. The van der Waals surface area contributed by atoms with Gasteiger partial charge in [0.05, 0.1) is 13.7 Å². The van der Waals surface area contributed by atoms with Gasteiger partial charge in [-0.15, -0.1) is 6.42 Å². The van der Waals surface area contributed by atoms with Crippen LogP contribution in [0.1, 0.15) is 5.56 Å². The lowest BCUT2D eigenvalue weighted by Crippen LogP contribution is -2.28. The van der Waals surface area contributed by atoms with Gasteiger partial charge in [0.1, 0.15) is 6.61 Å². The largest absolute Gasteiger partial charge is 0.493 e. The Hall–Kier alpha value is -1.74. The van der Waals surface area contributed by atoms with E-state index in [1.54, 1.807) is 7.11 Å². The molecular weight excluding hydrogens is 256 g/mol. The molecule has 20 heavy (non-hydrogen) atoms. The predicted octanol–water partition coefficient (Wildman–Crippen LogP) is 0.379. The molecule has 5 heteroatoms. The van der Waals surface area contributed by atoms with Gasteiger partial charge in [-0.3, -0.25) is 0 Å². The van der Waals surface area contributed by atoms with Crippen LogP contribution in [-0.2, 0) is 6.54 Å². The molecule has 5 nitrogen and oxygen atoms in total. The number of hydrogen-bond donors (Lipinski definition) is 3. The molecule has 0 amide bonds. The van der Waals surface area contributed by atoms with Gasteiger partial charge >= 0.3 is 0 Å². The van der Waals surface area contributed by atoms with Gasteiger partial charge in [-0.2, -0.15) is 0 Å². The maximum Gasteiger partial charge on any atom is 0.162 e. The topological polar surface area (TPSA) is 62.8 Å². The van der Waals surface area contributed by atoms with Crippen molar-refractivity contribution in [2.45, 2.75) is 6.54 Å². The molecule has 1 aromatic carbocycles. The lowest BCUT2D eigenvalue weighted by molar-refractivity contribution is 0.292. The number of nitrogens with one attached hydrogen (secondary N) is 2. The summed E-state index contributed by atoms with van der Waals surface area (Å²) in [4.78, 5) is 0. The standard InChI is InChI=1S/C15H22N2O3/c1-3-10-20-14-5-4-13(11-15(14)19-2)12-17-7-6-16-8-9-18/h1,4-5,11,16-18H,6-10,12H2,2H3. The van der Waals surface area contributed by atoms with E-state index in [1.807, 2.05) is 18.2 Å².